The minimum absolute atomic E-state index is 0.0155. The van der Waals surface area contributed by atoms with Gasteiger partial charge in [0.25, 0.3) is 0 Å². The van der Waals surface area contributed by atoms with Gasteiger partial charge < -0.3 is 0 Å². The Hall–Kier alpha value is -0.580. The maximum atomic E-state index is 11.7. The number of nitrogens with one attached hydrogen (secondary N) is 1. The van der Waals surface area contributed by atoms with Gasteiger partial charge in [0.2, 0.25) is 15.9 Å². The SMILES string of the molecule is CC(C)(C)CC(C)(C)C(=O)NS(C)(=O)=O. The number of sulfonamides is 1. The van der Waals surface area contributed by atoms with Crippen molar-refractivity contribution in [2.75, 3.05) is 6.26 Å². The third kappa shape index (κ3) is 6.49. The molecule has 15 heavy (non-hydrogen) atoms. The first-order valence-electron chi connectivity index (χ1n) is 4.86. The molecule has 90 valence electrons. The first-order valence-corrected chi connectivity index (χ1v) is 6.75. The van der Waals surface area contributed by atoms with Gasteiger partial charge in [0.15, 0.2) is 0 Å². The highest BCUT2D eigenvalue weighted by atomic mass is 32.2. The van der Waals surface area contributed by atoms with Crippen LogP contribution in [0, 0.1) is 10.8 Å². The van der Waals surface area contributed by atoms with E-state index in [1.807, 2.05) is 25.5 Å². The first-order chi connectivity index (χ1) is 6.33. The lowest BCUT2D eigenvalue weighted by atomic mass is 9.76. The third-order valence-electron chi connectivity index (χ3n) is 1.87. The van der Waals surface area contributed by atoms with Crippen LogP contribution in [-0.2, 0) is 14.8 Å². The summed E-state index contributed by atoms with van der Waals surface area (Å²) in [5.41, 5.74) is -0.695. The quantitative estimate of drug-likeness (QED) is 0.806. The summed E-state index contributed by atoms with van der Waals surface area (Å²) < 4.78 is 23.9. The fourth-order valence-electron chi connectivity index (χ4n) is 1.71. The lowest BCUT2D eigenvalue weighted by molar-refractivity contribution is -0.128. The van der Waals surface area contributed by atoms with Crippen molar-refractivity contribution in [3.63, 3.8) is 0 Å². The van der Waals surface area contributed by atoms with Gasteiger partial charge in [-0.1, -0.05) is 34.6 Å². The molecule has 0 spiro atoms. The Bertz CT molecular complexity index is 336. The smallest absolute Gasteiger partial charge is 0.239 e. The van der Waals surface area contributed by atoms with Crippen LogP contribution in [0.2, 0.25) is 0 Å². The molecule has 0 aromatic carbocycles. The number of carbonyl (C=O) groups excluding carboxylic acids is 1. The summed E-state index contributed by atoms with van der Waals surface area (Å²) in [4.78, 5) is 11.7. The summed E-state index contributed by atoms with van der Waals surface area (Å²) in [7, 11) is -3.46. The van der Waals surface area contributed by atoms with Crippen LogP contribution >= 0.6 is 0 Å². The molecule has 0 saturated carbocycles. The van der Waals surface area contributed by atoms with Crippen molar-refractivity contribution in [1.82, 2.24) is 4.72 Å². The summed E-state index contributed by atoms with van der Waals surface area (Å²) >= 11 is 0. The minimum Gasteiger partial charge on any atom is -0.273 e. The molecular weight excluding hydrogens is 214 g/mol. The van der Waals surface area contributed by atoms with Crippen LogP contribution in [0.4, 0.5) is 0 Å². The molecule has 4 nitrogen and oxygen atoms in total. The van der Waals surface area contributed by atoms with Crippen molar-refractivity contribution >= 4 is 15.9 Å². The summed E-state index contributed by atoms with van der Waals surface area (Å²) in [6, 6.07) is 0. The van der Waals surface area contributed by atoms with Crippen LogP contribution in [-0.4, -0.2) is 20.6 Å². The second kappa shape index (κ2) is 4.12. The predicted octanol–water partition coefficient (Wildman–Crippen LogP) is 1.52. The molecule has 0 aromatic rings. The van der Waals surface area contributed by atoms with Crippen molar-refractivity contribution in [3.8, 4) is 0 Å². The zero-order valence-electron chi connectivity index (χ0n) is 10.3. The second-order valence-corrected chi connectivity index (χ2v) is 7.57. The molecule has 0 atom stereocenters. The van der Waals surface area contributed by atoms with Gasteiger partial charge >= 0.3 is 0 Å². The number of hydrogen-bond acceptors (Lipinski definition) is 3. The fourth-order valence-corrected chi connectivity index (χ4v) is 2.33. The molecule has 1 amide bonds. The van der Waals surface area contributed by atoms with E-state index in [0.717, 1.165) is 6.26 Å². The summed E-state index contributed by atoms with van der Waals surface area (Å²) in [6.45, 7) is 9.55. The molecule has 0 rings (SSSR count). The monoisotopic (exact) mass is 235 g/mol. The normalized spacial score (nSPS) is 13.7. The van der Waals surface area contributed by atoms with E-state index < -0.39 is 21.3 Å². The van der Waals surface area contributed by atoms with Crippen molar-refractivity contribution in [1.29, 1.82) is 0 Å². The van der Waals surface area contributed by atoms with E-state index in [4.69, 9.17) is 0 Å². The molecule has 0 heterocycles. The van der Waals surface area contributed by atoms with Gasteiger partial charge in [-0.2, -0.15) is 0 Å². The van der Waals surface area contributed by atoms with Crippen LogP contribution < -0.4 is 4.72 Å². The molecule has 0 aromatic heterocycles. The first kappa shape index (κ1) is 14.4. The maximum Gasteiger partial charge on any atom is 0.239 e. The van der Waals surface area contributed by atoms with E-state index in [9.17, 15) is 13.2 Å². The molecule has 0 radical (unpaired) electrons. The molecule has 0 unspecified atom stereocenters. The number of carbonyl (C=O) groups is 1. The maximum absolute atomic E-state index is 11.7. The van der Waals surface area contributed by atoms with E-state index >= 15 is 0 Å². The van der Waals surface area contributed by atoms with Crippen LogP contribution in [0.5, 0.6) is 0 Å². The molecule has 0 saturated heterocycles. The molecule has 0 fully saturated rings. The Morgan fingerprint density at radius 2 is 1.53 bits per heavy atom. The van der Waals surface area contributed by atoms with E-state index in [1.54, 1.807) is 13.8 Å². The number of rotatable bonds is 3. The van der Waals surface area contributed by atoms with Gasteiger partial charge in [0.1, 0.15) is 0 Å². The molecule has 5 heteroatoms. The van der Waals surface area contributed by atoms with Crippen LogP contribution in [0.3, 0.4) is 0 Å². The second-order valence-electron chi connectivity index (χ2n) is 5.82. The molecule has 0 aliphatic rings. The molecule has 0 bridgehead atoms. The Morgan fingerprint density at radius 3 is 1.80 bits per heavy atom. The van der Waals surface area contributed by atoms with E-state index in [1.165, 1.54) is 0 Å². The van der Waals surface area contributed by atoms with Gasteiger partial charge in [-0.05, 0) is 11.8 Å². The lowest BCUT2D eigenvalue weighted by Gasteiger charge is -2.30. The number of hydrogen-bond donors (Lipinski definition) is 1. The Kier molecular flexibility index (Phi) is 3.96. The van der Waals surface area contributed by atoms with Crippen molar-refractivity contribution in [2.45, 2.75) is 41.0 Å². The Balaban J connectivity index is 4.68. The average molecular weight is 235 g/mol. The molecular formula is C10H21NO3S. The zero-order valence-corrected chi connectivity index (χ0v) is 11.2. The van der Waals surface area contributed by atoms with Gasteiger partial charge in [-0.25, -0.2) is 8.42 Å². The van der Waals surface area contributed by atoms with Crippen LogP contribution in [0.1, 0.15) is 41.0 Å². The molecule has 0 aliphatic carbocycles. The predicted molar refractivity (Wildman–Crippen MR) is 60.8 cm³/mol. The van der Waals surface area contributed by atoms with Gasteiger partial charge in [0.05, 0.1) is 6.26 Å². The third-order valence-corrected chi connectivity index (χ3v) is 2.42. The Morgan fingerprint density at radius 1 is 1.13 bits per heavy atom. The van der Waals surface area contributed by atoms with Crippen LogP contribution in [0.15, 0.2) is 0 Å². The van der Waals surface area contributed by atoms with E-state index in [-0.39, 0.29) is 5.41 Å². The van der Waals surface area contributed by atoms with Crippen molar-refractivity contribution in [3.05, 3.63) is 0 Å². The summed E-state index contributed by atoms with van der Waals surface area (Å²) in [5.74, 6) is -0.445. The average Bonchev–Trinajstić information content (AvgIpc) is 1.75. The molecule has 0 aliphatic heterocycles. The lowest BCUT2D eigenvalue weighted by Crippen LogP contribution is -2.41. The van der Waals surface area contributed by atoms with E-state index in [2.05, 4.69) is 0 Å². The van der Waals surface area contributed by atoms with Crippen molar-refractivity contribution < 1.29 is 13.2 Å². The fraction of sp³-hybridized carbons (Fsp3) is 0.900. The minimum atomic E-state index is -3.46. The van der Waals surface area contributed by atoms with Crippen molar-refractivity contribution in [2.24, 2.45) is 10.8 Å². The van der Waals surface area contributed by atoms with Crippen LogP contribution in [0.25, 0.3) is 0 Å². The highest BCUT2D eigenvalue weighted by molar-refractivity contribution is 7.89. The standard InChI is InChI=1S/C10H21NO3S/c1-9(2,3)7-10(4,5)8(12)11-15(6,13)14/h7H2,1-6H3,(H,11,12). The topological polar surface area (TPSA) is 63.2 Å². The summed E-state index contributed by atoms with van der Waals surface area (Å²) in [6.07, 6.45) is 1.61. The largest absolute Gasteiger partial charge is 0.273 e. The van der Waals surface area contributed by atoms with Gasteiger partial charge in [0, 0.05) is 5.41 Å². The Labute approximate surface area is 92.5 Å². The zero-order chi connectivity index (χ0) is 12.5. The summed E-state index contributed by atoms with van der Waals surface area (Å²) in [5, 5.41) is 0. The van der Waals surface area contributed by atoms with Gasteiger partial charge in [-0.3, -0.25) is 9.52 Å². The van der Waals surface area contributed by atoms with E-state index in [0.29, 0.717) is 6.42 Å². The number of amides is 1. The highest BCUT2D eigenvalue weighted by Gasteiger charge is 2.33. The van der Waals surface area contributed by atoms with Gasteiger partial charge in [-0.15, -0.1) is 0 Å². The highest BCUT2D eigenvalue weighted by Crippen LogP contribution is 2.33. The molecule has 1 N–H and O–H groups in total.